The minimum absolute atomic E-state index is 0.214. The van der Waals surface area contributed by atoms with E-state index in [2.05, 4.69) is 16.2 Å². The molecule has 5 heteroatoms. The number of rotatable bonds is 1. The van der Waals surface area contributed by atoms with Gasteiger partial charge >= 0.3 is 12.1 Å². The lowest BCUT2D eigenvalue weighted by Crippen LogP contribution is -2.29. The Morgan fingerprint density at radius 3 is 2.25 bits per heavy atom. The number of hydrogen-bond donors (Lipinski definition) is 0. The molecule has 0 radical (unpaired) electrons. The van der Waals surface area contributed by atoms with Crippen LogP contribution in [-0.4, -0.2) is 31.3 Å². The first-order valence-electron chi connectivity index (χ1n) is 3.18. The maximum absolute atomic E-state index is 10.8. The summed E-state index contributed by atoms with van der Waals surface area (Å²) in [5.74, 6) is -0.664. The molecule has 0 fully saturated rings. The van der Waals surface area contributed by atoms with Crippen LogP contribution in [0.15, 0.2) is 12.2 Å². The van der Waals surface area contributed by atoms with Crippen molar-refractivity contribution in [3.8, 4) is 0 Å². The fourth-order valence-corrected chi connectivity index (χ4v) is 0.368. The summed E-state index contributed by atoms with van der Waals surface area (Å²) in [6.07, 6.45) is -0.746. The smallest absolute Gasteiger partial charge is 0.442 e. The molecule has 5 nitrogen and oxygen atoms in total. The van der Waals surface area contributed by atoms with Crippen LogP contribution in [0.4, 0.5) is 4.79 Å². The molecule has 0 aliphatic heterocycles. The first kappa shape index (κ1) is 10.5. The second kappa shape index (κ2) is 4.38. The molecule has 0 aromatic carbocycles. The number of amides is 1. The molecule has 0 spiro atoms. The minimum Gasteiger partial charge on any atom is -0.451 e. The molecule has 0 bridgehead atoms. The van der Waals surface area contributed by atoms with Gasteiger partial charge in [0.2, 0.25) is 0 Å². The second-order valence-electron chi connectivity index (χ2n) is 2.13. The van der Waals surface area contributed by atoms with E-state index in [-0.39, 0.29) is 5.57 Å². The molecule has 0 aliphatic rings. The van der Waals surface area contributed by atoms with E-state index in [1.54, 1.807) is 0 Å². The Morgan fingerprint density at radius 2 is 1.92 bits per heavy atom. The van der Waals surface area contributed by atoms with Crippen molar-refractivity contribution in [1.29, 1.82) is 0 Å². The van der Waals surface area contributed by atoms with E-state index in [1.165, 1.54) is 21.1 Å². The molecule has 0 atom stereocenters. The summed E-state index contributed by atoms with van der Waals surface area (Å²) >= 11 is 0. The molecule has 0 aromatic rings. The average molecular weight is 173 g/mol. The number of ether oxygens (including phenoxy) is 1. The molecular weight excluding hydrogens is 162 g/mol. The fraction of sp³-hybridized carbons (Fsp3) is 0.429. The molecule has 0 heterocycles. The van der Waals surface area contributed by atoms with E-state index < -0.39 is 12.1 Å². The summed E-state index contributed by atoms with van der Waals surface area (Å²) in [6.45, 7) is 4.82. The van der Waals surface area contributed by atoms with Crippen molar-refractivity contribution < 1.29 is 19.2 Å². The van der Waals surface area contributed by atoms with Crippen LogP contribution in [0.2, 0.25) is 0 Å². The topological polar surface area (TPSA) is 55.8 Å². The van der Waals surface area contributed by atoms with Crippen LogP contribution in [0, 0.1) is 0 Å². The van der Waals surface area contributed by atoms with Gasteiger partial charge in [-0.05, 0) is 6.92 Å². The Hall–Kier alpha value is -1.52. The van der Waals surface area contributed by atoms with Crippen LogP contribution >= 0.6 is 0 Å². The summed E-state index contributed by atoms with van der Waals surface area (Å²) in [4.78, 5) is 26.0. The van der Waals surface area contributed by atoms with Crippen molar-refractivity contribution in [2.45, 2.75) is 6.92 Å². The Morgan fingerprint density at radius 1 is 1.42 bits per heavy atom. The second-order valence-corrected chi connectivity index (χ2v) is 2.13. The van der Waals surface area contributed by atoms with Gasteiger partial charge in [0.15, 0.2) is 0 Å². The van der Waals surface area contributed by atoms with Gasteiger partial charge in [-0.1, -0.05) is 6.58 Å². The van der Waals surface area contributed by atoms with Gasteiger partial charge in [-0.3, -0.25) is 0 Å². The predicted molar refractivity (Wildman–Crippen MR) is 41.1 cm³/mol. The van der Waals surface area contributed by atoms with E-state index in [9.17, 15) is 9.59 Å². The summed E-state index contributed by atoms with van der Waals surface area (Å²) in [5.41, 5.74) is 0.214. The highest BCUT2D eigenvalue weighted by molar-refractivity contribution is 5.87. The van der Waals surface area contributed by atoms with E-state index in [4.69, 9.17) is 0 Å². The molecule has 0 aromatic heterocycles. The number of hydrogen-bond acceptors (Lipinski definition) is 4. The number of carbonyl (C=O) groups excluding carboxylic acids is 2. The van der Waals surface area contributed by atoms with Gasteiger partial charge in [0.25, 0.3) is 0 Å². The van der Waals surface area contributed by atoms with Crippen molar-refractivity contribution in [2.75, 3.05) is 14.2 Å². The third-order valence-electron chi connectivity index (χ3n) is 1.00. The number of carbonyl (C=O) groups is 2. The van der Waals surface area contributed by atoms with Gasteiger partial charge in [0.05, 0.1) is 14.2 Å². The van der Waals surface area contributed by atoms with Gasteiger partial charge in [-0.2, -0.15) is 0 Å². The molecular formula is C7H11NO4. The molecule has 68 valence electrons. The zero-order valence-electron chi connectivity index (χ0n) is 7.29. The van der Waals surface area contributed by atoms with Crippen LogP contribution in [-0.2, 0) is 14.4 Å². The van der Waals surface area contributed by atoms with Gasteiger partial charge in [0, 0.05) is 5.57 Å². The third kappa shape index (κ3) is 3.05. The lowest BCUT2D eigenvalue weighted by molar-refractivity contribution is -0.170. The van der Waals surface area contributed by atoms with E-state index >= 15 is 0 Å². The van der Waals surface area contributed by atoms with Crippen molar-refractivity contribution in [3.63, 3.8) is 0 Å². The molecule has 0 rings (SSSR count). The standard InChI is InChI=1S/C7H11NO4/c1-5(2)6(9)12-8(3)7(10)11-4/h1H2,2-4H3. The molecule has 0 saturated heterocycles. The van der Waals surface area contributed by atoms with Crippen molar-refractivity contribution in [3.05, 3.63) is 12.2 Å². The monoisotopic (exact) mass is 173 g/mol. The van der Waals surface area contributed by atoms with Crippen LogP contribution in [0.25, 0.3) is 0 Å². The average Bonchev–Trinajstić information content (AvgIpc) is 2.02. The van der Waals surface area contributed by atoms with E-state index in [0.29, 0.717) is 5.06 Å². The third-order valence-corrected chi connectivity index (χ3v) is 1.00. The Balaban J connectivity index is 4.01. The zero-order chi connectivity index (χ0) is 9.72. The maximum Gasteiger partial charge on any atom is 0.442 e. The molecule has 1 amide bonds. The molecule has 12 heavy (non-hydrogen) atoms. The van der Waals surface area contributed by atoms with Gasteiger partial charge < -0.3 is 9.57 Å². The Bertz CT molecular complexity index is 211. The zero-order valence-corrected chi connectivity index (χ0v) is 7.29. The number of nitrogens with zero attached hydrogens (tertiary/aromatic N) is 1. The highest BCUT2D eigenvalue weighted by Gasteiger charge is 2.13. The maximum atomic E-state index is 10.8. The van der Waals surface area contributed by atoms with Gasteiger partial charge in [-0.25, -0.2) is 9.59 Å². The molecule has 0 N–H and O–H groups in total. The highest BCUT2D eigenvalue weighted by atomic mass is 16.7. The molecule has 0 aliphatic carbocycles. The van der Waals surface area contributed by atoms with Gasteiger partial charge in [0.1, 0.15) is 0 Å². The van der Waals surface area contributed by atoms with Gasteiger partial charge in [-0.15, -0.1) is 5.06 Å². The van der Waals surface area contributed by atoms with E-state index in [1.807, 2.05) is 0 Å². The number of methoxy groups -OCH3 is 1. The largest absolute Gasteiger partial charge is 0.451 e. The van der Waals surface area contributed by atoms with Crippen LogP contribution < -0.4 is 0 Å². The highest BCUT2D eigenvalue weighted by Crippen LogP contribution is 1.96. The molecule has 0 unspecified atom stereocenters. The lowest BCUT2D eigenvalue weighted by Gasteiger charge is -2.13. The van der Waals surface area contributed by atoms with Crippen LogP contribution in [0.3, 0.4) is 0 Å². The lowest BCUT2D eigenvalue weighted by atomic mass is 10.4. The summed E-state index contributed by atoms with van der Waals surface area (Å²) in [6, 6.07) is 0. The fourth-order valence-electron chi connectivity index (χ4n) is 0.368. The quantitative estimate of drug-likeness (QED) is 0.433. The Kier molecular flexibility index (Phi) is 3.82. The first-order chi connectivity index (χ1) is 5.49. The molecule has 0 saturated carbocycles. The summed E-state index contributed by atoms with van der Waals surface area (Å²) in [5, 5.41) is 0.691. The van der Waals surface area contributed by atoms with Crippen LogP contribution in [0.5, 0.6) is 0 Å². The Labute approximate surface area is 70.5 Å². The van der Waals surface area contributed by atoms with Crippen LogP contribution in [0.1, 0.15) is 6.92 Å². The predicted octanol–water partition coefficient (Wildman–Crippen LogP) is 0.719. The summed E-state index contributed by atoms with van der Waals surface area (Å²) in [7, 11) is 2.46. The van der Waals surface area contributed by atoms with Crippen molar-refractivity contribution in [1.82, 2.24) is 5.06 Å². The SMILES string of the molecule is C=C(C)C(=O)ON(C)C(=O)OC. The first-order valence-corrected chi connectivity index (χ1v) is 3.18. The van der Waals surface area contributed by atoms with Crippen molar-refractivity contribution >= 4 is 12.1 Å². The van der Waals surface area contributed by atoms with E-state index in [0.717, 1.165) is 0 Å². The summed E-state index contributed by atoms with van der Waals surface area (Å²) < 4.78 is 4.27. The van der Waals surface area contributed by atoms with Crippen molar-refractivity contribution in [2.24, 2.45) is 0 Å². The minimum atomic E-state index is -0.746. The normalized spacial score (nSPS) is 8.58. The number of hydroxylamine groups is 2.